The van der Waals surface area contributed by atoms with Crippen molar-refractivity contribution in [1.82, 2.24) is 15.2 Å². The zero-order valence-electron chi connectivity index (χ0n) is 14.6. The maximum absolute atomic E-state index is 12.5. The van der Waals surface area contributed by atoms with Gasteiger partial charge in [-0.3, -0.25) is 4.79 Å². The zero-order chi connectivity index (χ0) is 17.9. The molecule has 0 aliphatic carbocycles. The number of aryl methyl sites for hydroxylation is 1. The molecule has 2 rings (SSSR count). The number of rotatable bonds is 6. The van der Waals surface area contributed by atoms with Crippen molar-refractivity contribution in [3.05, 3.63) is 44.9 Å². The molecule has 0 bridgehead atoms. The summed E-state index contributed by atoms with van der Waals surface area (Å²) in [7, 11) is 5.29. The summed E-state index contributed by atoms with van der Waals surface area (Å²) in [4.78, 5) is 30.6. The number of carbonyl (C=O) groups excluding carboxylic acids is 2. The van der Waals surface area contributed by atoms with Gasteiger partial charge in [0.1, 0.15) is 5.69 Å². The van der Waals surface area contributed by atoms with Crippen LogP contribution in [0.15, 0.2) is 17.5 Å². The van der Waals surface area contributed by atoms with Crippen LogP contribution in [-0.2, 0) is 4.74 Å². The average molecular weight is 349 g/mol. The molecule has 0 radical (unpaired) electrons. The highest BCUT2D eigenvalue weighted by atomic mass is 32.1. The second-order valence-electron chi connectivity index (χ2n) is 5.82. The first-order valence-electron chi connectivity index (χ1n) is 7.62. The number of nitrogens with zero attached hydrogens (tertiary/aromatic N) is 1. The normalized spacial score (nSPS) is 12.2. The van der Waals surface area contributed by atoms with Gasteiger partial charge in [-0.25, -0.2) is 4.79 Å². The molecule has 0 aromatic carbocycles. The number of likely N-dealkylation sites (N-methyl/N-ethyl adjacent to an activating group) is 1. The Hall–Kier alpha value is -2.12. The molecule has 2 aromatic heterocycles. The summed E-state index contributed by atoms with van der Waals surface area (Å²) in [5.74, 6) is -0.667. The fraction of sp³-hybridized carbons (Fsp3) is 0.412. The highest BCUT2D eigenvalue weighted by molar-refractivity contribution is 7.10. The summed E-state index contributed by atoms with van der Waals surface area (Å²) in [5, 5.41) is 4.97. The van der Waals surface area contributed by atoms with E-state index in [0.29, 0.717) is 29.1 Å². The van der Waals surface area contributed by atoms with Crippen molar-refractivity contribution in [2.24, 2.45) is 0 Å². The van der Waals surface area contributed by atoms with Gasteiger partial charge in [0, 0.05) is 17.1 Å². The minimum Gasteiger partial charge on any atom is -0.465 e. The lowest BCUT2D eigenvalue weighted by Crippen LogP contribution is -2.34. The molecule has 0 spiro atoms. The van der Waals surface area contributed by atoms with Crippen molar-refractivity contribution < 1.29 is 14.3 Å². The number of carbonyl (C=O) groups is 2. The molecule has 7 heteroatoms. The monoisotopic (exact) mass is 349 g/mol. The van der Waals surface area contributed by atoms with Gasteiger partial charge < -0.3 is 19.9 Å². The van der Waals surface area contributed by atoms with E-state index in [1.54, 1.807) is 25.2 Å². The molecule has 1 unspecified atom stereocenters. The third kappa shape index (κ3) is 3.68. The molecule has 0 aliphatic heterocycles. The number of hydrogen-bond donors (Lipinski definition) is 2. The van der Waals surface area contributed by atoms with Gasteiger partial charge in [0.05, 0.1) is 18.7 Å². The second kappa shape index (κ2) is 7.63. The van der Waals surface area contributed by atoms with E-state index in [1.807, 2.05) is 25.5 Å². The highest BCUT2D eigenvalue weighted by Gasteiger charge is 2.23. The van der Waals surface area contributed by atoms with Crippen LogP contribution in [0.4, 0.5) is 0 Å². The Kier molecular flexibility index (Phi) is 5.80. The van der Waals surface area contributed by atoms with E-state index >= 15 is 0 Å². The molecule has 1 atom stereocenters. The Morgan fingerprint density at radius 2 is 2.08 bits per heavy atom. The van der Waals surface area contributed by atoms with E-state index < -0.39 is 5.97 Å². The summed E-state index contributed by atoms with van der Waals surface area (Å²) < 4.78 is 4.77. The van der Waals surface area contributed by atoms with Crippen LogP contribution in [0.3, 0.4) is 0 Å². The number of nitrogens with one attached hydrogen (secondary N) is 2. The van der Waals surface area contributed by atoms with Gasteiger partial charge in [-0.05, 0) is 45.0 Å². The third-order valence-electron chi connectivity index (χ3n) is 4.01. The number of aromatic amines is 1. The number of amides is 1. The lowest BCUT2D eigenvalue weighted by molar-refractivity contribution is 0.0599. The van der Waals surface area contributed by atoms with Crippen molar-refractivity contribution >= 4 is 23.2 Å². The molecule has 2 heterocycles. The van der Waals surface area contributed by atoms with Crippen LogP contribution in [0.2, 0.25) is 0 Å². The first-order valence-corrected chi connectivity index (χ1v) is 8.50. The highest BCUT2D eigenvalue weighted by Crippen LogP contribution is 2.23. The van der Waals surface area contributed by atoms with Gasteiger partial charge in [-0.1, -0.05) is 6.07 Å². The smallest absolute Gasteiger partial charge is 0.339 e. The maximum atomic E-state index is 12.5. The quantitative estimate of drug-likeness (QED) is 0.786. The average Bonchev–Trinajstić information content (AvgIpc) is 3.15. The Labute approximate surface area is 145 Å². The van der Waals surface area contributed by atoms with Crippen LogP contribution in [0.5, 0.6) is 0 Å². The molecule has 0 aliphatic rings. The van der Waals surface area contributed by atoms with Crippen molar-refractivity contribution in [2.75, 3.05) is 27.7 Å². The Morgan fingerprint density at radius 1 is 1.38 bits per heavy atom. The lowest BCUT2D eigenvalue weighted by atomic mass is 10.1. The summed E-state index contributed by atoms with van der Waals surface area (Å²) in [6, 6.07) is 4.16. The van der Waals surface area contributed by atoms with Crippen molar-refractivity contribution in [3.8, 4) is 0 Å². The summed E-state index contributed by atoms with van der Waals surface area (Å²) >= 11 is 1.66. The van der Waals surface area contributed by atoms with Crippen molar-refractivity contribution in [2.45, 2.75) is 19.9 Å². The van der Waals surface area contributed by atoms with Crippen molar-refractivity contribution in [3.63, 3.8) is 0 Å². The first kappa shape index (κ1) is 18.2. The molecule has 0 fully saturated rings. The Balaban J connectivity index is 2.14. The number of thiophene rings is 1. The van der Waals surface area contributed by atoms with Gasteiger partial charge in [-0.2, -0.15) is 0 Å². The van der Waals surface area contributed by atoms with Gasteiger partial charge in [0.15, 0.2) is 0 Å². The second-order valence-corrected chi connectivity index (χ2v) is 6.80. The zero-order valence-corrected chi connectivity index (χ0v) is 15.4. The number of esters is 1. The fourth-order valence-corrected chi connectivity index (χ4v) is 3.60. The molecule has 1 amide bonds. The van der Waals surface area contributed by atoms with E-state index in [9.17, 15) is 9.59 Å². The predicted octanol–water partition coefficient (Wildman–Crippen LogP) is 2.51. The lowest BCUT2D eigenvalue weighted by Gasteiger charge is -2.23. The molecule has 24 heavy (non-hydrogen) atoms. The Bertz CT molecular complexity index is 720. The molecule has 6 nitrogen and oxygen atoms in total. The van der Waals surface area contributed by atoms with Gasteiger partial charge in [-0.15, -0.1) is 11.3 Å². The number of ether oxygens (including phenoxy) is 1. The number of aromatic nitrogens is 1. The number of hydrogen-bond acceptors (Lipinski definition) is 5. The SMILES string of the molecule is COC(=O)c1c(C)[nH]c(C(=O)NCC(c2cccs2)N(C)C)c1C. The summed E-state index contributed by atoms with van der Waals surface area (Å²) in [6.45, 7) is 3.98. The van der Waals surface area contributed by atoms with Crippen LogP contribution in [0, 0.1) is 13.8 Å². The van der Waals surface area contributed by atoms with E-state index in [-0.39, 0.29) is 11.9 Å². The van der Waals surface area contributed by atoms with E-state index in [1.165, 1.54) is 12.0 Å². The third-order valence-corrected chi connectivity index (χ3v) is 4.98. The minimum atomic E-state index is -0.440. The molecular weight excluding hydrogens is 326 g/mol. The van der Waals surface area contributed by atoms with Crippen molar-refractivity contribution in [1.29, 1.82) is 0 Å². The van der Waals surface area contributed by atoms with Crippen LogP contribution in [0.1, 0.15) is 43.0 Å². The largest absolute Gasteiger partial charge is 0.465 e. The topological polar surface area (TPSA) is 74.4 Å². The first-order chi connectivity index (χ1) is 11.4. The summed E-state index contributed by atoms with van der Waals surface area (Å²) in [5.41, 5.74) is 2.06. The standard InChI is InChI=1S/C17H23N3O3S/c1-10-14(17(22)23-5)11(2)19-15(10)16(21)18-9-12(20(3)4)13-7-6-8-24-13/h6-8,12,19H,9H2,1-5H3,(H,18,21). The van der Waals surface area contributed by atoms with Gasteiger partial charge in [0.25, 0.3) is 5.91 Å². The predicted molar refractivity (Wildman–Crippen MR) is 94.7 cm³/mol. The summed E-state index contributed by atoms with van der Waals surface area (Å²) in [6.07, 6.45) is 0. The van der Waals surface area contributed by atoms with Crippen LogP contribution >= 0.6 is 11.3 Å². The van der Waals surface area contributed by atoms with E-state index in [4.69, 9.17) is 4.74 Å². The maximum Gasteiger partial charge on any atom is 0.339 e. The molecule has 130 valence electrons. The van der Waals surface area contributed by atoms with Gasteiger partial charge in [0.2, 0.25) is 0 Å². The van der Waals surface area contributed by atoms with Crippen LogP contribution in [0.25, 0.3) is 0 Å². The molecule has 0 saturated carbocycles. The fourth-order valence-electron chi connectivity index (χ4n) is 2.68. The number of methoxy groups -OCH3 is 1. The Morgan fingerprint density at radius 3 is 2.62 bits per heavy atom. The minimum absolute atomic E-state index is 0.102. The van der Waals surface area contributed by atoms with Crippen LogP contribution < -0.4 is 5.32 Å². The molecular formula is C17H23N3O3S. The number of H-pyrrole nitrogens is 1. The van der Waals surface area contributed by atoms with E-state index in [2.05, 4.69) is 21.3 Å². The molecule has 2 aromatic rings. The van der Waals surface area contributed by atoms with Gasteiger partial charge >= 0.3 is 5.97 Å². The molecule has 0 saturated heterocycles. The molecule has 2 N–H and O–H groups in total. The van der Waals surface area contributed by atoms with Crippen LogP contribution in [-0.4, -0.2) is 49.5 Å². The van der Waals surface area contributed by atoms with E-state index in [0.717, 1.165) is 0 Å².